The number of nitrogen functional groups attached to an aromatic ring is 1. The van der Waals surface area contributed by atoms with Gasteiger partial charge in [0, 0.05) is 16.2 Å². The van der Waals surface area contributed by atoms with Crippen molar-refractivity contribution in [3.63, 3.8) is 0 Å². The Morgan fingerprint density at radius 1 is 1.19 bits per heavy atom. The lowest BCUT2D eigenvalue weighted by Crippen LogP contribution is -1.98. The van der Waals surface area contributed by atoms with Crippen LogP contribution < -0.4 is 5.73 Å². The second-order valence-electron chi connectivity index (χ2n) is 4.40. The van der Waals surface area contributed by atoms with E-state index in [2.05, 4.69) is 32.0 Å². The van der Waals surface area contributed by atoms with E-state index in [1.165, 1.54) is 0 Å². The first kappa shape index (κ1) is 13.3. The van der Waals surface area contributed by atoms with Crippen LogP contribution in [0.25, 0.3) is 16.9 Å². The predicted octanol–water partition coefficient (Wildman–Crippen LogP) is 3.15. The van der Waals surface area contributed by atoms with Crippen molar-refractivity contribution in [2.75, 3.05) is 5.73 Å². The summed E-state index contributed by atoms with van der Waals surface area (Å²) < 4.78 is 2.75. The molecule has 0 aliphatic heterocycles. The van der Waals surface area contributed by atoms with Crippen LogP contribution in [-0.4, -0.2) is 14.5 Å². The molecule has 0 bridgehead atoms. The molecule has 102 valence electrons. The molecule has 2 heterocycles. The minimum atomic E-state index is 0.476. The molecule has 3 aromatic rings. The second kappa shape index (κ2) is 5.38. The molecule has 0 aliphatic rings. The van der Waals surface area contributed by atoms with Crippen molar-refractivity contribution in [3.8, 4) is 23.0 Å². The Bertz CT molecular complexity index is 830. The maximum atomic E-state index is 8.93. The fraction of sp³-hybridized carbons (Fsp3) is 0. The number of rotatable bonds is 2. The zero-order valence-electron chi connectivity index (χ0n) is 10.9. The lowest BCUT2D eigenvalue weighted by molar-refractivity contribution is 1.05. The van der Waals surface area contributed by atoms with Crippen LogP contribution in [0, 0.1) is 11.3 Å². The average Bonchev–Trinajstić information content (AvgIpc) is 2.97. The first-order valence-electron chi connectivity index (χ1n) is 6.13. The summed E-state index contributed by atoms with van der Waals surface area (Å²) in [6, 6.07) is 11.2. The SMILES string of the molecule is N#Cc1ccc(-n2cncc2-c2ccc(N)nc2)c(Br)c1. The van der Waals surface area contributed by atoms with Gasteiger partial charge >= 0.3 is 0 Å². The van der Waals surface area contributed by atoms with E-state index < -0.39 is 0 Å². The van der Waals surface area contributed by atoms with Crippen molar-refractivity contribution in [3.05, 3.63) is 59.1 Å². The maximum Gasteiger partial charge on any atom is 0.123 e. The van der Waals surface area contributed by atoms with Gasteiger partial charge < -0.3 is 5.73 Å². The molecule has 0 atom stereocenters. The van der Waals surface area contributed by atoms with E-state index >= 15 is 0 Å². The molecule has 6 heteroatoms. The Hall–Kier alpha value is -2.65. The van der Waals surface area contributed by atoms with E-state index in [0.29, 0.717) is 11.4 Å². The van der Waals surface area contributed by atoms with Gasteiger partial charge in [-0.15, -0.1) is 0 Å². The number of benzene rings is 1. The van der Waals surface area contributed by atoms with Crippen LogP contribution in [-0.2, 0) is 0 Å². The highest BCUT2D eigenvalue weighted by Gasteiger charge is 2.10. The molecule has 0 unspecified atom stereocenters. The molecule has 3 rings (SSSR count). The summed E-state index contributed by atoms with van der Waals surface area (Å²) in [5, 5.41) is 8.93. The van der Waals surface area contributed by atoms with Gasteiger partial charge in [0.15, 0.2) is 0 Å². The smallest absolute Gasteiger partial charge is 0.123 e. The largest absolute Gasteiger partial charge is 0.384 e. The highest BCUT2D eigenvalue weighted by atomic mass is 79.9. The van der Waals surface area contributed by atoms with E-state index in [0.717, 1.165) is 21.4 Å². The number of aromatic nitrogens is 3. The summed E-state index contributed by atoms with van der Waals surface area (Å²) in [4.78, 5) is 8.30. The lowest BCUT2D eigenvalue weighted by atomic mass is 10.2. The van der Waals surface area contributed by atoms with Crippen molar-refractivity contribution in [1.29, 1.82) is 5.26 Å². The standard InChI is InChI=1S/C15H10BrN5/c16-12-5-10(6-17)1-3-13(12)21-9-19-8-14(21)11-2-4-15(18)20-7-11/h1-5,7-9H,(H2,18,20). The van der Waals surface area contributed by atoms with Gasteiger partial charge in [-0.2, -0.15) is 5.26 Å². The number of hydrogen-bond acceptors (Lipinski definition) is 4. The molecule has 0 fully saturated rings. The number of nitriles is 1. The van der Waals surface area contributed by atoms with Gasteiger partial charge in [0.2, 0.25) is 0 Å². The number of imidazole rings is 1. The Morgan fingerprint density at radius 3 is 2.71 bits per heavy atom. The normalized spacial score (nSPS) is 10.3. The van der Waals surface area contributed by atoms with Crippen molar-refractivity contribution >= 4 is 21.7 Å². The third-order valence-corrected chi connectivity index (χ3v) is 3.69. The highest BCUT2D eigenvalue weighted by Crippen LogP contribution is 2.28. The Morgan fingerprint density at radius 2 is 2.05 bits per heavy atom. The minimum absolute atomic E-state index is 0.476. The van der Waals surface area contributed by atoms with Gasteiger partial charge in [0.1, 0.15) is 5.82 Å². The van der Waals surface area contributed by atoms with Gasteiger partial charge in [-0.1, -0.05) is 0 Å². The van der Waals surface area contributed by atoms with Crippen LogP contribution >= 0.6 is 15.9 Å². The van der Waals surface area contributed by atoms with E-state index in [4.69, 9.17) is 11.0 Å². The Kier molecular flexibility index (Phi) is 3.42. The average molecular weight is 340 g/mol. The number of pyridine rings is 1. The van der Waals surface area contributed by atoms with Gasteiger partial charge in [-0.25, -0.2) is 9.97 Å². The van der Waals surface area contributed by atoms with Gasteiger partial charge in [0.05, 0.1) is 35.5 Å². The third kappa shape index (κ3) is 2.51. The topological polar surface area (TPSA) is 80.5 Å². The summed E-state index contributed by atoms with van der Waals surface area (Å²) in [5.74, 6) is 0.476. The Balaban J connectivity index is 2.11. The number of halogens is 1. The van der Waals surface area contributed by atoms with Crippen LogP contribution in [0.4, 0.5) is 5.82 Å². The van der Waals surface area contributed by atoms with Gasteiger partial charge in [-0.3, -0.25) is 4.57 Å². The summed E-state index contributed by atoms with van der Waals surface area (Å²) in [7, 11) is 0. The summed E-state index contributed by atoms with van der Waals surface area (Å²) >= 11 is 3.49. The zero-order valence-corrected chi connectivity index (χ0v) is 12.4. The van der Waals surface area contributed by atoms with E-state index in [9.17, 15) is 0 Å². The molecule has 2 aromatic heterocycles. The van der Waals surface area contributed by atoms with Crippen LogP contribution in [0.5, 0.6) is 0 Å². The van der Waals surface area contributed by atoms with Crippen molar-refractivity contribution < 1.29 is 0 Å². The molecule has 1 aromatic carbocycles. The summed E-state index contributed by atoms with van der Waals surface area (Å²) in [6.45, 7) is 0. The van der Waals surface area contributed by atoms with Crippen LogP contribution in [0.2, 0.25) is 0 Å². The summed E-state index contributed by atoms with van der Waals surface area (Å²) in [5.41, 5.74) is 8.92. The molecule has 0 saturated heterocycles. The third-order valence-electron chi connectivity index (χ3n) is 3.06. The highest BCUT2D eigenvalue weighted by molar-refractivity contribution is 9.10. The first-order valence-corrected chi connectivity index (χ1v) is 6.92. The second-order valence-corrected chi connectivity index (χ2v) is 5.25. The maximum absolute atomic E-state index is 8.93. The molecule has 5 nitrogen and oxygen atoms in total. The first-order chi connectivity index (χ1) is 10.2. The minimum Gasteiger partial charge on any atom is -0.384 e. The van der Waals surface area contributed by atoms with Crippen molar-refractivity contribution in [2.45, 2.75) is 0 Å². The molecule has 0 spiro atoms. The van der Waals surface area contributed by atoms with Crippen molar-refractivity contribution in [2.24, 2.45) is 0 Å². The van der Waals surface area contributed by atoms with Gasteiger partial charge in [0.25, 0.3) is 0 Å². The number of nitrogens with two attached hydrogens (primary N) is 1. The number of anilines is 1. The summed E-state index contributed by atoms with van der Waals surface area (Å²) in [6.07, 6.45) is 5.19. The number of nitrogens with zero attached hydrogens (tertiary/aromatic N) is 4. The molecular formula is C15H10BrN5. The number of hydrogen-bond donors (Lipinski definition) is 1. The fourth-order valence-electron chi connectivity index (χ4n) is 2.03. The lowest BCUT2D eigenvalue weighted by Gasteiger charge is -2.10. The quantitative estimate of drug-likeness (QED) is 0.777. The molecular weight excluding hydrogens is 330 g/mol. The van der Waals surface area contributed by atoms with Gasteiger partial charge in [-0.05, 0) is 46.3 Å². The Labute approximate surface area is 129 Å². The van der Waals surface area contributed by atoms with Crippen LogP contribution in [0.15, 0.2) is 53.5 Å². The van der Waals surface area contributed by atoms with Crippen LogP contribution in [0.1, 0.15) is 5.56 Å². The molecule has 0 aliphatic carbocycles. The monoisotopic (exact) mass is 339 g/mol. The molecule has 2 N–H and O–H groups in total. The molecule has 0 amide bonds. The molecule has 0 radical (unpaired) electrons. The molecule has 0 saturated carbocycles. The van der Waals surface area contributed by atoms with Crippen LogP contribution in [0.3, 0.4) is 0 Å². The fourth-order valence-corrected chi connectivity index (χ4v) is 2.60. The van der Waals surface area contributed by atoms with E-state index in [-0.39, 0.29) is 0 Å². The van der Waals surface area contributed by atoms with E-state index in [1.54, 1.807) is 36.9 Å². The predicted molar refractivity (Wildman–Crippen MR) is 83.6 cm³/mol. The van der Waals surface area contributed by atoms with Crippen molar-refractivity contribution in [1.82, 2.24) is 14.5 Å². The molecule has 21 heavy (non-hydrogen) atoms. The zero-order chi connectivity index (χ0) is 14.8. The van der Waals surface area contributed by atoms with E-state index in [1.807, 2.05) is 16.7 Å².